The highest BCUT2D eigenvalue weighted by atomic mass is 32.2. The minimum absolute atomic E-state index is 0.0741. The number of hydrogen-bond acceptors (Lipinski definition) is 4. The van der Waals surface area contributed by atoms with Crippen molar-refractivity contribution >= 4 is 28.4 Å². The third kappa shape index (κ3) is 2.96. The van der Waals surface area contributed by atoms with Crippen molar-refractivity contribution in [2.75, 3.05) is 0 Å². The number of aromatic nitrogens is 4. The molecule has 1 atom stereocenters. The molecular weight excluding hydrogens is 332 g/mol. The fourth-order valence-corrected chi connectivity index (χ4v) is 3.69. The van der Waals surface area contributed by atoms with Crippen molar-refractivity contribution < 1.29 is 4.79 Å². The molecule has 0 radical (unpaired) electrons. The molecule has 0 fully saturated rings. The van der Waals surface area contributed by atoms with Gasteiger partial charge in [-0.1, -0.05) is 48.2 Å². The summed E-state index contributed by atoms with van der Waals surface area (Å²) in [4.78, 5) is 16.1. The number of hydrogen-bond donors (Lipinski definition) is 1. The number of Topliss-reactive ketones (excluding diaryl/α,β-unsaturated/α-hetero) is 1. The lowest BCUT2D eigenvalue weighted by Crippen LogP contribution is -2.14. The van der Waals surface area contributed by atoms with E-state index in [0.29, 0.717) is 10.7 Å². The number of aromatic amines is 1. The van der Waals surface area contributed by atoms with E-state index in [1.54, 1.807) is 12.5 Å². The second-order valence-electron chi connectivity index (χ2n) is 5.69. The Labute approximate surface area is 149 Å². The number of carbonyl (C=O) groups is 1. The first kappa shape index (κ1) is 15.7. The largest absolute Gasteiger partial charge is 0.360 e. The third-order valence-electron chi connectivity index (χ3n) is 4.06. The SMILES string of the molecule is CC(Sc1nncn1-c1ccccc1)C(=O)c1c[nH]c2ccccc12. The van der Waals surface area contributed by atoms with Gasteiger partial charge in [0.25, 0.3) is 0 Å². The molecule has 4 aromatic rings. The normalized spacial score (nSPS) is 12.4. The van der Waals surface area contributed by atoms with Crippen LogP contribution >= 0.6 is 11.8 Å². The number of H-pyrrole nitrogens is 1. The number of carbonyl (C=O) groups excluding carboxylic acids is 1. The maximum absolute atomic E-state index is 12.9. The summed E-state index contributed by atoms with van der Waals surface area (Å²) in [6.07, 6.45) is 3.45. The van der Waals surface area contributed by atoms with Crippen LogP contribution in [0.4, 0.5) is 0 Å². The van der Waals surface area contributed by atoms with Crippen LogP contribution in [0, 0.1) is 0 Å². The van der Waals surface area contributed by atoms with Crippen LogP contribution in [0.2, 0.25) is 0 Å². The Balaban J connectivity index is 1.60. The van der Waals surface area contributed by atoms with Gasteiger partial charge in [-0.05, 0) is 25.1 Å². The van der Waals surface area contributed by atoms with E-state index >= 15 is 0 Å². The number of nitrogens with one attached hydrogen (secondary N) is 1. The monoisotopic (exact) mass is 348 g/mol. The molecule has 0 aliphatic rings. The standard InChI is InChI=1S/C19H16N4OS/c1-13(18(24)16-11-20-17-10-6-5-9-15(16)17)25-19-22-21-12-23(19)14-7-3-2-4-8-14/h2-13,20H,1H3. The van der Waals surface area contributed by atoms with Gasteiger partial charge < -0.3 is 4.98 Å². The second kappa shape index (κ2) is 6.57. The molecule has 0 aliphatic carbocycles. The van der Waals surface area contributed by atoms with Gasteiger partial charge >= 0.3 is 0 Å². The third-order valence-corrected chi connectivity index (χ3v) is 5.11. The highest BCUT2D eigenvalue weighted by Crippen LogP contribution is 2.28. The zero-order valence-corrected chi connectivity index (χ0v) is 14.4. The van der Waals surface area contributed by atoms with Crippen LogP contribution < -0.4 is 0 Å². The molecule has 0 bridgehead atoms. The quantitative estimate of drug-likeness (QED) is 0.435. The predicted octanol–water partition coefficient (Wildman–Crippen LogP) is 4.11. The van der Waals surface area contributed by atoms with E-state index in [4.69, 9.17) is 0 Å². The lowest BCUT2D eigenvalue weighted by atomic mass is 10.1. The van der Waals surface area contributed by atoms with Gasteiger partial charge in [0.2, 0.25) is 0 Å². The Morgan fingerprint density at radius 3 is 2.72 bits per heavy atom. The minimum Gasteiger partial charge on any atom is -0.360 e. The molecule has 1 unspecified atom stereocenters. The van der Waals surface area contributed by atoms with Crippen molar-refractivity contribution in [2.24, 2.45) is 0 Å². The average molecular weight is 348 g/mol. The Kier molecular flexibility index (Phi) is 4.11. The van der Waals surface area contributed by atoms with Crippen LogP contribution in [0.25, 0.3) is 16.6 Å². The fraction of sp³-hybridized carbons (Fsp3) is 0.105. The molecule has 0 amide bonds. The van der Waals surface area contributed by atoms with Crippen LogP contribution in [-0.4, -0.2) is 30.8 Å². The van der Waals surface area contributed by atoms with Gasteiger partial charge in [-0.2, -0.15) is 0 Å². The highest BCUT2D eigenvalue weighted by molar-refractivity contribution is 8.00. The molecule has 0 saturated carbocycles. The lowest BCUT2D eigenvalue weighted by molar-refractivity contribution is 0.0995. The summed E-state index contributed by atoms with van der Waals surface area (Å²) in [5.74, 6) is 0.0741. The van der Waals surface area contributed by atoms with E-state index in [1.807, 2.05) is 66.1 Å². The Morgan fingerprint density at radius 1 is 1.12 bits per heavy atom. The van der Waals surface area contributed by atoms with Gasteiger partial charge in [0.15, 0.2) is 10.9 Å². The van der Waals surface area contributed by atoms with Gasteiger partial charge in [0.1, 0.15) is 6.33 Å². The predicted molar refractivity (Wildman–Crippen MR) is 99.3 cm³/mol. The number of nitrogens with zero attached hydrogens (tertiary/aromatic N) is 3. The van der Waals surface area contributed by atoms with Gasteiger partial charge in [-0.3, -0.25) is 9.36 Å². The van der Waals surface area contributed by atoms with Crippen LogP contribution in [0.3, 0.4) is 0 Å². The molecule has 6 heteroatoms. The van der Waals surface area contributed by atoms with Crippen molar-refractivity contribution in [3.05, 3.63) is 72.7 Å². The Morgan fingerprint density at radius 2 is 1.88 bits per heavy atom. The maximum atomic E-state index is 12.9. The maximum Gasteiger partial charge on any atom is 0.196 e. The van der Waals surface area contributed by atoms with Gasteiger partial charge in [-0.15, -0.1) is 10.2 Å². The van der Waals surface area contributed by atoms with Crippen LogP contribution in [0.15, 0.2) is 72.3 Å². The number of ketones is 1. The van der Waals surface area contributed by atoms with E-state index in [9.17, 15) is 4.79 Å². The molecule has 0 aliphatic heterocycles. The van der Waals surface area contributed by atoms with E-state index in [2.05, 4.69) is 15.2 Å². The summed E-state index contributed by atoms with van der Waals surface area (Å²) >= 11 is 1.41. The molecule has 2 aromatic heterocycles. The minimum atomic E-state index is -0.272. The van der Waals surface area contributed by atoms with E-state index in [0.717, 1.165) is 16.6 Å². The first-order valence-corrected chi connectivity index (χ1v) is 8.84. The Hall–Kier alpha value is -2.86. The summed E-state index contributed by atoms with van der Waals surface area (Å²) in [6, 6.07) is 17.7. The summed E-state index contributed by atoms with van der Waals surface area (Å²) < 4.78 is 1.89. The smallest absolute Gasteiger partial charge is 0.196 e. The van der Waals surface area contributed by atoms with E-state index < -0.39 is 0 Å². The zero-order chi connectivity index (χ0) is 17.2. The van der Waals surface area contributed by atoms with Gasteiger partial charge in [0.05, 0.1) is 5.25 Å². The molecule has 0 saturated heterocycles. The zero-order valence-electron chi connectivity index (χ0n) is 13.6. The van der Waals surface area contributed by atoms with Crippen molar-refractivity contribution in [3.8, 4) is 5.69 Å². The number of fused-ring (bicyclic) bond motifs is 1. The van der Waals surface area contributed by atoms with Crippen LogP contribution in [0.1, 0.15) is 17.3 Å². The molecule has 5 nitrogen and oxygen atoms in total. The summed E-state index contributed by atoms with van der Waals surface area (Å²) in [6.45, 7) is 1.90. The number of benzene rings is 2. The average Bonchev–Trinajstić information content (AvgIpc) is 3.28. The molecular formula is C19H16N4OS. The molecule has 4 rings (SSSR count). The molecule has 0 spiro atoms. The van der Waals surface area contributed by atoms with Gasteiger partial charge in [-0.25, -0.2) is 0 Å². The number of rotatable bonds is 5. The molecule has 1 N–H and O–H groups in total. The second-order valence-corrected chi connectivity index (χ2v) is 7.00. The first-order chi connectivity index (χ1) is 12.2. The summed E-state index contributed by atoms with van der Waals surface area (Å²) in [7, 11) is 0. The number of para-hydroxylation sites is 2. The number of thioether (sulfide) groups is 1. The van der Waals surface area contributed by atoms with Crippen LogP contribution in [-0.2, 0) is 0 Å². The lowest BCUT2D eigenvalue weighted by Gasteiger charge is -2.10. The molecule has 2 aromatic carbocycles. The fourth-order valence-electron chi connectivity index (χ4n) is 2.78. The summed E-state index contributed by atoms with van der Waals surface area (Å²) in [5, 5.41) is 9.55. The summed E-state index contributed by atoms with van der Waals surface area (Å²) in [5.41, 5.74) is 2.65. The Bertz CT molecular complexity index is 1020. The van der Waals surface area contributed by atoms with Crippen LogP contribution in [0.5, 0.6) is 0 Å². The van der Waals surface area contributed by atoms with Crippen molar-refractivity contribution in [2.45, 2.75) is 17.3 Å². The van der Waals surface area contributed by atoms with Crippen molar-refractivity contribution in [1.29, 1.82) is 0 Å². The first-order valence-electron chi connectivity index (χ1n) is 7.96. The highest BCUT2D eigenvalue weighted by Gasteiger charge is 2.22. The van der Waals surface area contributed by atoms with Gasteiger partial charge in [0, 0.05) is 28.4 Å². The van der Waals surface area contributed by atoms with E-state index in [1.165, 1.54) is 11.8 Å². The molecule has 124 valence electrons. The van der Waals surface area contributed by atoms with Crippen molar-refractivity contribution in [3.63, 3.8) is 0 Å². The molecule has 2 heterocycles. The van der Waals surface area contributed by atoms with Crippen molar-refractivity contribution in [1.82, 2.24) is 19.7 Å². The molecule has 25 heavy (non-hydrogen) atoms. The van der Waals surface area contributed by atoms with E-state index in [-0.39, 0.29) is 11.0 Å². The topological polar surface area (TPSA) is 63.6 Å².